The molecular formula is C9H10O2S2. The first kappa shape index (κ1) is 9.40. The first-order chi connectivity index (χ1) is 6.45. The minimum atomic E-state index is 0.432. The van der Waals surface area contributed by atoms with Crippen molar-refractivity contribution in [3.05, 3.63) is 30.3 Å². The molecule has 1 aliphatic rings. The molecule has 0 amide bonds. The Labute approximate surface area is 86.4 Å². The van der Waals surface area contributed by atoms with Crippen LogP contribution in [0.4, 0.5) is 0 Å². The Morgan fingerprint density at radius 2 is 2.15 bits per heavy atom. The van der Waals surface area contributed by atoms with Crippen LogP contribution >= 0.6 is 24.1 Å². The van der Waals surface area contributed by atoms with Crippen LogP contribution in [0.25, 0.3) is 0 Å². The van der Waals surface area contributed by atoms with Gasteiger partial charge in [-0.15, -0.1) is 0 Å². The van der Waals surface area contributed by atoms with Crippen molar-refractivity contribution in [1.82, 2.24) is 0 Å². The Bertz CT molecular complexity index is 249. The van der Waals surface area contributed by atoms with Crippen LogP contribution in [-0.4, -0.2) is 18.5 Å². The molecule has 1 heterocycles. The maximum Gasteiger partial charge on any atom is 0.0922 e. The highest BCUT2D eigenvalue weighted by molar-refractivity contribution is 8.07. The van der Waals surface area contributed by atoms with Crippen molar-refractivity contribution in [2.75, 3.05) is 12.4 Å². The highest BCUT2D eigenvalue weighted by Gasteiger charge is 2.22. The fraction of sp³-hybridized carbons (Fsp3) is 0.333. The van der Waals surface area contributed by atoms with Gasteiger partial charge in [0.05, 0.1) is 12.7 Å². The van der Waals surface area contributed by atoms with Gasteiger partial charge < -0.3 is 4.74 Å². The number of hydrogen-bond donors (Lipinski definition) is 0. The third-order valence-electron chi connectivity index (χ3n) is 1.58. The molecule has 0 radical (unpaired) electrons. The fourth-order valence-corrected chi connectivity index (χ4v) is 2.15. The molecule has 0 N–H and O–H groups in total. The lowest BCUT2D eigenvalue weighted by atomic mass is 10.4. The molecule has 0 spiro atoms. The summed E-state index contributed by atoms with van der Waals surface area (Å²) in [5.41, 5.74) is 0. The van der Waals surface area contributed by atoms with Gasteiger partial charge in [-0.3, -0.25) is 0 Å². The maximum absolute atomic E-state index is 5.32. The molecule has 0 aromatic heterocycles. The summed E-state index contributed by atoms with van der Waals surface area (Å²) in [7, 11) is 0. The molecule has 1 atom stereocenters. The summed E-state index contributed by atoms with van der Waals surface area (Å²) in [6, 6.07) is 10.0. The van der Waals surface area contributed by atoms with Gasteiger partial charge in [0, 0.05) is 34.7 Å². The van der Waals surface area contributed by atoms with Crippen LogP contribution < -0.4 is 0 Å². The molecule has 0 aliphatic carbocycles. The van der Waals surface area contributed by atoms with E-state index < -0.39 is 0 Å². The summed E-state index contributed by atoms with van der Waals surface area (Å²) in [6.45, 7) is 0.895. The van der Waals surface area contributed by atoms with Crippen molar-refractivity contribution in [3.8, 4) is 0 Å². The van der Waals surface area contributed by atoms with Gasteiger partial charge in [-0.2, -0.15) is 0 Å². The van der Waals surface area contributed by atoms with Gasteiger partial charge in [0.1, 0.15) is 0 Å². The molecule has 1 saturated heterocycles. The normalized spacial score (nSPS) is 20.2. The average molecular weight is 214 g/mol. The third kappa shape index (κ3) is 3.60. The number of rotatable bonds is 5. The highest BCUT2D eigenvalue weighted by Crippen LogP contribution is 2.26. The van der Waals surface area contributed by atoms with E-state index in [1.165, 1.54) is 24.1 Å². The topological polar surface area (TPSA) is 21.8 Å². The molecule has 13 heavy (non-hydrogen) atoms. The molecular weight excluding hydrogens is 204 g/mol. The van der Waals surface area contributed by atoms with Crippen LogP contribution in [0.5, 0.6) is 0 Å². The summed E-state index contributed by atoms with van der Waals surface area (Å²) < 4.78 is 10.4. The zero-order valence-electron chi connectivity index (χ0n) is 7.01. The Hall–Kier alpha value is -0.160. The van der Waals surface area contributed by atoms with Crippen molar-refractivity contribution in [2.24, 2.45) is 0 Å². The van der Waals surface area contributed by atoms with Crippen molar-refractivity contribution >= 4 is 24.1 Å². The summed E-state index contributed by atoms with van der Waals surface area (Å²) in [6.07, 6.45) is 0.432. The van der Waals surface area contributed by atoms with Crippen molar-refractivity contribution < 1.29 is 8.37 Å². The van der Waals surface area contributed by atoms with Gasteiger partial charge in [-0.25, -0.2) is 3.63 Å². The first-order valence-electron chi connectivity index (χ1n) is 4.08. The van der Waals surface area contributed by atoms with Crippen molar-refractivity contribution in [3.63, 3.8) is 0 Å². The van der Waals surface area contributed by atoms with Crippen molar-refractivity contribution in [1.29, 1.82) is 0 Å². The Kier molecular flexibility index (Phi) is 3.55. The Morgan fingerprint density at radius 1 is 1.38 bits per heavy atom. The molecule has 1 aromatic carbocycles. The van der Waals surface area contributed by atoms with E-state index in [1.807, 2.05) is 30.3 Å². The van der Waals surface area contributed by atoms with Crippen LogP contribution in [0.3, 0.4) is 0 Å². The standard InChI is InChI=1S/C9H10O2S2/c1-2-4-9(5-3-1)13-11-12-7-8-6-10-8/h1-5,8H,6-7H2. The minimum Gasteiger partial charge on any atom is -0.372 e. The largest absolute Gasteiger partial charge is 0.372 e. The first-order valence-corrected chi connectivity index (χ1v) is 5.73. The molecule has 1 aromatic rings. The molecule has 0 saturated carbocycles. The summed E-state index contributed by atoms with van der Waals surface area (Å²) in [4.78, 5) is 1.13. The Morgan fingerprint density at radius 3 is 2.85 bits per heavy atom. The maximum atomic E-state index is 5.32. The van der Waals surface area contributed by atoms with Gasteiger partial charge in [0.2, 0.25) is 0 Å². The van der Waals surface area contributed by atoms with E-state index in [-0.39, 0.29) is 0 Å². The molecule has 70 valence electrons. The molecule has 4 heteroatoms. The predicted octanol–water partition coefficient (Wildman–Crippen LogP) is 2.76. The van der Waals surface area contributed by atoms with E-state index in [1.54, 1.807) is 0 Å². The molecule has 0 bridgehead atoms. The Balaban J connectivity index is 1.61. The molecule has 1 fully saturated rings. The van der Waals surface area contributed by atoms with E-state index >= 15 is 0 Å². The molecule has 2 rings (SSSR count). The van der Waals surface area contributed by atoms with E-state index in [0.717, 1.165) is 17.3 Å². The summed E-state index contributed by atoms with van der Waals surface area (Å²) in [5, 5.41) is 0. The summed E-state index contributed by atoms with van der Waals surface area (Å²) >= 11 is 2.85. The second kappa shape index (κ2) is 4.91. The van der Waals surface area contributed by atoms with E-state index in [0.29, 0.717) is 6.10 Å². The number of benzene rings is 1. The third-order valence-corrected chi connectivity index (χ3v) is 3.21. The van der Waals surface area contributed by atoms with Crippen molar-refractivity contribution in [2.45, 2.75) is 11.0 Å². The van der Waals surface area contributed by atoms with E-state index in [9.17, 15) is 0 Å². The average Bonchev–Trinajstić information content (AvgIpc) is 2.98. The predicted molar refractivity (Wildman–Crippen MR) is 55.6 cm³/mol. The van der Waals surface area contributed by atoms with Crippen LogP contribution in [0.1, 0.15) is 0 Å². The van der Waals surface area contributed by atoms with Crippen LogP contribution in [-0.2, 0) is 8.37 Å². The zero-order chi connectivity index (χ0) is 8.93. The second-order valence-electron chi connectivity index (χ2n) is 2.70. The van der Waals surface area contributed by atoms with E-state index in [4.69, 9.17) is 8.37 Å². The lowest BCUT2D eigenvalue weighted by Crippen LogP contribution is -1.87. The molecule has 1 unspecified atom stereocenters. The zero-order valence-corrected chi connectivity index (χ0v) is 8.64. The number of hydrogen-bond acceptors (Lipinski definition) is 4. The van der Waals surface area contributed by atoms with Gasteiger partial charge >= 0.3 is 0 Å². The summed E-state index contributed by atoms with van der Waals surface area (Å²) in [5.74, 6) is 0.930. The number of ether oxygens (including phenoxy) is 1. The lowest BCUT2D eigenvalue weighted by molar-refractivity contribution is 0.425. The molecule has 1 aliphatic heterocycles. The second-order valence-corrected chi connectivity index (χ2v) is 4.46. The van der Waals surface area contributed by atoms with Gasteiger partial charge in [-0.1, -0.05) is 18.2 Å². The lowest BCUT2D eigenvalue weighted by Gasteiger charge is -1.98. The monoisotopic (exact) mass is 214 g/mol. The van der Waals surface area contributed by atoms with Gasteiger partial charge in [0.25, 0.3) is 0 Å². The number of epoxide rings is 1. The van der Waals surface area contributed by atoms with Gasteiger partial charge in [-0.05, 0) is 12.1 Å². The van der Waals surface area contributed by atoms with Crippen LogP contribution in [0.2, 0.25) is 0 Å². The molecule has 2 nitrogen and oxygen atoms in total. The smallest absolute Gasteiger partial charge is 0.0922 e. The van der Waals surface area contributed by atoms with Crippen LogP contribution in [0, 0.1) is 0 Å². The SMILES string of the molecule is c1ccc(SOSCC2CO2)cc1. The quantitative estimate of drug-likeness (QED) is 0.427. The highest BCUT2D eigenvalue weighted by atomic mass is 32.2. The van der Waals surface area contributed by atoms with Crippen LogP contribution in [0.15, 0.2) is 35.2 Å². The van der Waals surface area contributed by atoms with Gasteiger partial charge in [0.15, 0.2) is 0 Å². The van der Waals surface area contributed by atoms with E-state index in [2.05, 4.69) is 0 Å². The minimum absolute atomic E-state index is 0.432. The fourth-order valence-electron chi connectivity index (χ4n) is 0.807.